The maximum absolute atomic E-state index is 12.9. The molecule has 1 atom stereocenters. The summed E-state index contributed by atoms with van der Waals surface area (Å²) in [5.41, 5.74) is 3.71. The van der Waals surface area contributed by atoms with Crippen molar-refractivity contribution in [2.45, 2.75) is 25.7 Å². The number of piperazine rings is 1. The van der Waals surface area contributed by atoms with Crippen molar-refractivity contribution in [2.24, 2.45) is 0 Å². The van der Waals surface area contributed by atoms with E-state index in [1.165, 1.54) is 5.56 Å². The fourth-order valence-corrected chi connectivity index (χ4v) is 3.86. The minimum Gasteiger partial charge on any atom is -0.333 e. The lowest BCUT2D eigenvalue weighted by molar-refractivity contribution is 0.0401. The van der Waals surface area contributed by atoms with Crippen molar-refractivity contribution in [3.05, 3.63) is 70.8 Å². The van der Waals surface area contributed by atoms with E-state index in [9.17, 15) is 9.18 Å². The van der Waals surface area contributed by atoms with Gasteiger partial charge in [-0.3, -0.25) is 9.69 Å². The van der Waals surface area contributed by atoms with Crippen LogP contribution in [-0.2, 0) is 19.6 Å². The second kappa shape index (κ2) is 6.36. The molecule has 2 aromatic rings. The third-order valence-corrected chi connectivity index (χ3v) is 5.09. The summed E-state index contributed by atoms with van der Waals surface area (Å²) < 4.78 is 12.9. The number of rotatable bonds is 3. The maximum atomic E-state index is 12.9. The molecule has 1 amide bonds. The average molecular weight is 324 g/mol. The van der Waals surface area contributed by atoms with Crippen LogP contribution in [0.4, 0.5) is 4.39 Å². The fraction of sp³-hybridized carbons (Fsp3) is 0.350. The third kappa shape index (κ3) is 2.82. The molecule has 3 nitrogen and oxygen atoms in total. The Bertz CT molecular complexity index is 747. The van der Waals surface area contributed by atoms with Gasteiger partial charge in [0.1, 0.15) is 6.67 Å². The van der Waals surface area contributed by atoms with Gasteiger partial charge in [0.25, 0.3) is 5.91 Å². The molecule has 4 heteroatoms. The lowest BCUT2D eigenvalue weighted by Crippen LogP contribution is -2.57. The maximum Gasteiger partial charge on any atom is 0.254 e. The first-order valence-corrected chi connectivity index (χ1v) is 8.49. The van der Waals surface area contributed by atoms with Crippen molar-refractivity contribution in [3.8, 4) is 0 Å². The van der Waals surface area contributed by atoms with Crippen LogP contribution < -0.4 is 0 Å². The van der Waals surface area contributed by atoms with Crippen LogP contribution in [0, 0.1) is 0 Å². The molecule has 1 fully saturated rings. The zero-order valence-electron chi connectivity index (χ0n) is 13.6. The lowest BCUT2D eigenvalue weighted by atomic mass is 9.90. The van der Waals surface area contributed by atoms with Crippen molar-refractivity contribution in [1.29, 1.82) is 0 Å². The smallest absolute Gasteiger partial charge is 0.254 e. The monoisotopic (exact) mass is 324 g/mol. The van der Waals surface area contributed by atoms with E-state index in [-0.39, 0.29) is 11.9 Å². The molecule has 0 aliphatic carbocycles. The molecule has 0 N–H and O–H groups in total. The number of benzene rings is 2. The third-order valence-electron chi connectivity index (χ3n) is 5.09. The summed E-state index contributed by atoms with van der Waals surface area (Å²) in [6.07, 6.45) is 0.820. The predicted octanol–water partition coefficient (Wildman–Crippen LogP) is 3.04. The Hall–Kier alpha value is -2.20. The molecule has 2 heterocycles. The molecule has 0 bridgehead atoms. The molecular weight excluding hydrogens is 303 g/mol. The molecular formula is C20H21FN2O. The van der Waals surface area contributed by atoms with E-state index in [0.717, 1.165) is 43.7 Å². The van der Waals surface area contributed by atoms with Crippen LogP contribution in [0.2, 0.25) is 0 Å². The second-order valence-electron chi connectivity index (χ2n) is 6.70. The molecule has 4 rings (SSSR count). The molecule has 1 saturated heterocycles. The Labute approximate surface area is 141 Å². The minimum absolute atomic E-state index is 0.103. The molecule has 0 spiro atoms. The predicted molar refractivity (Wildman–Crippen MR) is 91.5 cm³/mol. The van der Waals surface area contributed by atoms with Crippen LogP contribution in [0.1, 0.15) is 27.0 Å². The molecule has 0 radical (unpaired) electrons. The van der Waals surface area contributed by atoms with E-state index in [1.54, 1.807) is 12.1 Å². The van der Waals surface area contributed by atoms with Crippen molar-refractivity contribution in [1.82, 2.24) is 9.80 Å². The highest BCUT2D eigenvalue weighted by Gasteiger charge is 2.36. The van der Waals surface area contributed by atoms with Gasteiger partial charge in [-0.15, -0.1) is 0 Å². The Morgan fingerprint density at radius 2 is 1.88 bits per heavy atom. The molecule has 1 unspecified atom stereocenters. The van der Waals surface area contributed by atoms with Crippen molar-refractivity contribution >= 4 is 5.91 Å². The topological polar surface area (TPSA) is 23.6 Å². The van der Waals surface area contributed by atoms with Gasteiger partial charge in [0.05, 0.1) is 0 Å². The quantitative estimate of drug-likeness (QED) is 0.866. The molecule has 0 aromatic heterocycles. The van der Waals surface area contributed by atoms with E-state index >= 15 is 0 Å². The van der Waals surface area contributed by atoms with E-state index in [4.69, 9.17) is 0 Å². The normalized spacial score (nSPS) is 20.6. The zero-order valence-corrected chi connectivity index (χ0v) is 13.6. The van der Waals surface area contributed by atoms with Gasteiger partial charge in [-0.2, -0.15) is 0 Å². The highest BCUT2D eigenvalue weighted by molar-refractivity contribution is 5.97. The molecule has 0 saturated carbocycles. The first-order valence-electron chi connectivity index (χ1n) is 8.49. The minimum atomic E-state index is -0.476. The average Bonchev–Trinajstić information content (AvgIpc) is 2.62. The summed E-state index contributed by atoms with van der Waals surface area (Å²) in [6, 6.07) is 16.0. The molecule has 2 aliphatic heterocycles. The number of carbonyl (C=O) groups is 1. The van der Waals surface area contributed by atoms with Gasteiger partial charge in [-0.25, -0.2) is 4.39 Å². The standard InChI is InChI=1S/C20H21FN2O/c21-12-16-6-7-19-17(10-16)11-18-14-22(8-9-23(18)20(19)24)13-15-4-2-1-3-5-15/h1-7,10,18H,8-9,11-14H2. The molecule has 124 valence electrons. The lowest BCUT2D eigenvalue weighted by Gasteiger charge is -2.44. The number of carbonyl (C=O) groups excluding carboxylic acids is 1. The largest absolute Gasteiger partial charge is 0.333 e. The SMILES string of the molecule is O=C1c2ccc(CF)cc2CC2CN(Cc3ccccc3)CCN12. The van der Waals surface area contributed by atoms with Gasteiger partial charge in [-0.05, 0) is 29.2 Å². The summed E-state index contributed by atoms with van der Waals surface area (Å²) in [5.74, 6) is 0.103. The van der Waals surface area contributed by atoms with Gasteiger partial charge >= 0.3 is 0 Å². The van der Waals surface area contributed by atoms with E-state index in [1.807, 2.05) is 17.0 Å². The van der Waals surface area contributed by atoms with Gasteiger partial charge in [0, 0.05) is 37.8 Å². The zero-order chi connectivity index (χ0) is 16.5. The Morgan fingerprint density at radius 3 is 2.67 bits per heavy atom. The summed E-state index contributed by atoms with van der Waals surface area (Å²) in [6.45, 7) is 2.97. The number of halogens is 1. The second-order valence-corrected chi connectivity index (χ2v) is 6.70. The van der Waals surface area contributed by atoms with Crippen molar-refractivity contribution < 1.29 is 9.18 Å². The van der Waals surface area contributed by atoms with Crippen LogP contribution in [0.3, 0.4) is 0 Å². The van der Waals surface area contributed by atoms with Gasteiger partial charge in [0.2, 0.25) is 0 Å². The van der Waals surface area contributed by atoms with Crippen LogP contribution in [0.15, 0.2) is 48.5 Å². The molecule has 24 heavy (non-hydrogen) atoms. The van der Waals surface area contributed by atoms with E-state index in [2.05, 4.69) is 29.2 Å². The van der Waals surface area contributed by atoms with Crippen molar-refractivity contribution in [2.75, 3.05) is 19.6 Å². The van der Waals surface area contributed by atoms with E-state index < -0.39 is 6.67 Å². The fourth-order valence-electron chi connectivity index (χ4n) is 3.86. The summed E-state index contributed by atoms with van der Waals surface area (Å²) in [4.78, 5) is 17.1. The van der Waals surface area contributed by atoms with Crippen LogP contribution in [0.5, 0.6) is 0 Å². The van der Waals surface area contributed by atoms with E-state index in [0.29, 0.717) is 5.56 Å². The Kier molecular flexibility index (Phi) is 4.07. The number of amides is 1. The van der Waals surface area contributed by atoms with Gasteiger partial charge < -0.3 is 4.90 Å². The highest BCUT2D eigenvalue weighted by Crippen LogP contribution is 2.27. The number of fused-ring (bicyclic) bond motifs is 2. The Balaban J connectivity index is 1.52. The van der Waals surface area contributed by atoms with Crippen LogP contribution in [-0.4, -0.2) is 41.4 Å². The number of nitrogens with zero attached hydrogens (tertiary/aromatic N) is 2. The summed E-state index contributed by atoms with van der Waals surface area (Å²) in [5, 5.41) is 0. The first-order chi connectivity index (χ1) is 11.7. The van der Waals surface area contributed by atoms with Gasteiger partial charge in [-0.1, -0.05) is 42.5 Å². The van der Waals surface area contributed by atoms with Crippen LogP contribution in [0.25, 0.3) is 0 Å². The summed E-state index contributed by atoms with van der Waals surface area (Å²) >= 11 is 0. The number of hydrogen-bond acceptors (Lipinski definition) is 2. The van der Waals surface area contributed by atoms with Crippen molar-refractivity contribution in [3.63, 3.8) is 0 Å². The highest BCUT2D eigenvalue weighted by atomic mass is 19.1. The number of alkyl halides is 1. The van der Waals surface area contributed by atoms with Gasteiger partial charge in [0.15, 0.2) is 0 Å². The van der Waals surface area contributed by atoms with Crippen LogP contribution >= 0.6 is 0 Å². The Morgan fingerprint density at radius 1 is 1.04 bits per heavy atom. The first kappa shape index (κ1) is 15.3. The molecule has 2 aromatic carbocycles. The number of hydrogen-bond donors (Lipinski definition) is 0. The molecule has 2 aliphatic rings. The summed E-state index contributed by atoms with van der Waals surface area (Å²) in [7, 11) is 0.